The van der Waals surface area contributed by atoms with Crippen molar-refractivity contribution in [1.82, 2.24) is 0 Å². The van der Waals surface area contributed by atoms with Crippen molar-refractivity contribution in [2.75, 3.05) is 0 Å². The Bertz CT molecular complexity index is 1960. The Morgan fingerprint density at radius 1 is 0.571 bits per heavy atom. The molecule has 0 N–H and O–H groups in total. The third-order valence-electron chi connectivity index (χ3n) is 7.81. The highest BCUT2D eigenvalue weighted by Crippen LogP contribution is 2.41. The fraction of sp³-hybridized carbons (Fsp3) is 0.189. The lowest BCUT2D eigenvalue weighted by Gasteiger charge is -2.21. The normalized spacial score (nSPS) is 11.7. The predicted molar refractivity (Wildman–Crippen MR) is 166 cm³/mol. The van der Waals surface area contributed by atoms with E-state index in [1.165, 1.54) is 12.1 Å². The standard InChI is InChI=1S/C37H25ClF10O/c1-2-3-4-5-6-19-7-9-24(27(39)11-19)21-13-30(42)35(31(43)14-21)37(47,48)49-23-17-26(38)34(29(41)18-23)20-8-10-25(28(40)12-20)22-15-32(44)36(46)33(45)16-22/h7-18H,2-6H2,1H3. The van der Waals surface area contributed by atoms with Crippen LogP contribution in [0.2, 0.25) is 5.02 Å². The van der Waals surface area contributed by atoms with Crippen LogP contribution in [0.3, 0.4) is 0 Å². The number of alkyl halides is 2. The quantitative estimate of drug-likeness (QED) is 0.0753. The van der Waals surface area contributed by atoms with Crippen LogP contribution < -0.4 is 4.74 Å². The van der Waals surface area contributed by atoms with Crippen LogP contribution in [0.4, 0.5) is 43.9 Å². The van der Waals surface area contributed by atoms with E-state index in [4.69, 9.17) is 11.6 Å². The van der Waals surface area contributed by atoms with Crippen molar-refractivity contribution in [2.45, 2.75) is 45.1 Å². The van der Waals surface area contributed by atoms with Gasteiger partial charge in [-0.25, -0.2) is 35.1 Å². The molecule has 0 atom stereocenters. The highest BCUT2D eigenvalue weighted by Gasteiger charge is 2.41. The number of benzene rings is 5. The summed E-state index contributed by atoms with van der Waals surface area (Å²) in [5, 5.41) is -0.572. The fourth-order valence-electron chi connectivity index (χ4n) is 5.41. The van der Waals surface area contributed by atoms with E-state index in [-0.39, 0.29) is 27.8 Å². The molecule has 0 saturated carbocycles. The molecule has 0 radical (unpaired) electrons. The molecule has 0 fully saturated rings. The Balaban J connectivity index is 1.38. The maximum Gasteiger partial charge on any atom is 0.432 e. The molecule has 12 heteroatoms. The summed E-state index contributed by atoms with van der Waals surface area (Å²) in [7, 11) is 0. The van der Waals surface area contributed by atoms with Crippen molar-refractivity contribution in [3.63, 3.8) is 0 Å². The zero-order valence-corrected chi connectivity index (χ0v) is 26.3. The van der Waals surface area contributed by atoms with Gasteiger partial charge in [-0.2, -0.15) is 8.78 Å². The molecular formula is C37H25ClF10O. The van der Waals surface area contributed by atoms with Gasteiger partial charge in [0.15, 0.2) is 17.5 Å². The van der Waals surface area contributed by atoms with Gasteiger partial charge in [0.2, 0.25) is 0 Å². The topological polar surface area (TPSA) is 9.23 Å². The highest BCUT2D eigenvalue weighted by atomic mass is 35.5. The summed E-state index contributed by atoms with van der Waals surface area (Å²) >= 11 is 6.12. The van der Waals surface area contributed by atoms with Gasteiger partial charge in [-0.3, -0.25) is 0 Å². The van der Waals surface area contributed by atoms with Gasteiger partial charge in [0.25, 0.3) is 0 Å². The second-order valence-electron chi connectivity index (χ2n) is 11.3. The SMILES string of the molecule is CCCCCCc1ccc(-c2cc(F)c(C(F)(F)Oc3cc(F)c(-c4ccc(-c5cc(F)c(F)c(F)c5)c(F)c4)c(Cl)c3)c(F)c2)c(F)c1. The smallest absolute Gasteiger partial charge is 0.429 e. The van der Waals surface area contributed by atoms with E-state index in [1.54, 1.807) is 6.07 Å². The lowest BCUT2D eigenvalue weighted by atomic mass is 9.98. The van der Waals surface area contributed by atoms with Crippen LogP contribution >= 0.6 is 11.6 Å². The van der Waals surface area contributed by atoms with Crippen LogP contribution in [0, 0.1) is 46.5 Å². The minimum atomic E-state index is -4.71. The Morgan fingerprint density at radius 2 is 1.12 bits per heavy atom. The summed E-state index contributed by atoms with van der Waals surface area (Å²) in [6.07, 6.45) is -0.275. The van der Waals surface area contributed by atoms with Crippen molar-refractivity contribution in [2.24, 2.45) is 0 Å². The lowest BCUT2D eigenvalue weighted by Crippen LogP contribution is -2.25. The summed E-state index contributed by atoms with van der Waals surface area (Å²) in [4.78, 5) is 0. The van der Waals surface area contributed by atoms with Gasteiger partial charge >= 0.3 is 6.11 Å². The maximum absolute atomic E-state index is 15.2. The molecule has 1 nitrogen and oxygen atoms in total. The zero-order chi connectivity index (χ0) is 35.6. The number of unbranched alkanes of at least 4 members (excludes halogenated alkanes) is 3. The summed E-state index contributed by atoms with van der Waals surface area (Å²) in [6, 6.07) is 10.3. The molecule has 0 aliphatic rings. The molecule has 5 rings (SSSR count). The van der Waals surface area contributed by atoms with E-state index in [1.807, 2.05) is 0 Å². The molecule has 0 amide bonds. The lowest BCUT2D eigenvalue weighted by molar-refractivity contribution is -0.189. The van der Waals surface area contributed by atoms with Crippen LogP contribution in [-0.2, 0) is 12.5 Å². The van der Waals surface area contributed by atoms with E-state index < -0.39 is 74.5 Å². The second kappa shape index (κ2) is 14.5. The van der Waals surface area contributed by atoms with Crippen molar-refractivity contribution in [3.8, 4) is 39.1 Å². The average Bonchev–Trinajstić information content (AvgIpc) is 3.01. The third-order valence-corrected chi connectivity index (χ3v) is 8.11. The van der Waals surface area contributed by atoms with E-state index in [2.05, 4.69) is 11.7 Å². The Morgan fingerprint density at radius 3 is 1.67 bits per heavy atom. The molecule has 0 aliphatic heterocycles. The molecule has 0 aliphatic carbocycles. The van der Waals surface area contributed by atoms with Crippen LogP contribution in [0.25, 0.3) is 33.4 Å². The summed E-state index contributed by atoms with van der Waals surface area (Å²) in [5.74, 6) is -12.6. The predicted octanol–water partition coefficient (Wildman–Crippen LogP) is 12.7. The summed E-state index contributed by atoms with van der Waals surface area (Å²) in [5.41, 5.74) is -3.15. The van der Waals surface area contributed by atoms with Gasteiger partial charge in [0.1, 0.15) is 40.4 Å². The molecule has 0 heterocycles. The Kier molecular flexibility index (Phi) is 10.6. The first-order valence-electron chi connectivity index (χ1n) is 15.0. The molecule has 0 saturated heterocycles. The first kappa shape index (κ1) is 35.8. The van der Waals surface area contributed by atoms with Crippen LogP contribution in [0.1, 0.15) is 43.7 Å². The molecular weight excluding hydrogens is 686 g/mol. The first-order chi connectivity index (χ1) is 23.2. The van der Waals surface area contributed by atoms with E-state index in [0.717, 1.165) is 43.9 Å². The average molecular weight is 711 g/mol. The molecule has 0 bridgehead atoms. The van der Waals surface area contributed by atoms with Crippen LogP contribution in [-0.4, -0.2) is 0 Å². The first-order valence-corrected chi connectivity index (χ1v) is 15.4. The van der Waals surface area contributed by atoms with E-state index >= 15 is 22.0 Å². The van der Waals surface area contributed by atoms with Gasteiger partial charge in [0.05, 0.1) is 5.02 Å². The zero-order valence-electron chi connectivity index (χ0n) is 25.5. The number of ether oxygens (including phenoxy) is 1. The maximum atomic E-state index is 15.2. The monoisotopic (exact) mass is 710 g/mol. The van der Waals surface area contributed by atoms with Crippen LogP contribution in [0.5, 0.6) is 5.75 Å². The molecule has 256 valence electrons. The van der Waals surface area contributed by atoms with E-state index in [0.29, 0.717) is 48.4 Å². The number of halogens is 11. The number of aryl methyl sites for hydroxylation is 1. The van der Waals surface area contributed by atoms with Gasteiger partial charge in [0, 0.05) is 22.8 Å². The van der Waals surface area contributed by atoms with Gasteiger partial charge in [-0.05, 0) is 77.6 Å². The minimum absolute atomic E-state index is 0.211. The Labute approximate surface area is 279 Å². The second-order valence-corrected chi connectivity index (χ2v) is 11.7. The molecule has 0 aromatic heterocycles. The van der Waals surface area contributed by atoms with Crippen molar-refractivity contribution < 1.29 is 48.6 Å². The van der Waals surface area contributed by atoms with Gasteiger partial charge < -0.3 is 4.74 Å². The number of rotatable bonds is 11. The largest absolute Gasteiger partial charge is 0.432 e. The minimum Gasteiger partial charge on any atom is -0.429 e. The number of hydrogen-bond acceptors (Lipinski definition) is 1. The number of hydrogen-bond donors (Lipinski definition) is 0. The van der Waals surface area contributed by atoms with Crippen molar-refractivity contribution in [3.05, 3.63) is 135 Å². The Hall–Kier alpha value is -4.51. The van der Waals surface area contributed by atoms with Gasteiger partial charge in [-0.15, -0.1) is 0 Å². The molecule has 5 aromatic carbocycles. The molecule has 0 spiro atoms. The third kappa shape index (κ3) is 7.72. The summed E-state index contributed by atoms with van der Waals surface area (Å²) in [6.45, 7) is 2.05. The molecule has 49 heavy (non-hydrogen) atoms. The van der Waals surface area contributed by atoms with Gasteiger partial charge in [-0.1, -0.05) is 62.1 Å². The van der Waals surface area contributed by atoms with Crippen molar-refractivity contribution >= 4 is 11.6 Å². The van der Waals surface area contributed by atoms with E-state index in [9.17, 15) is 22.0 Å². The summed E-state index contributed by atoms with van der Waals surface area (Å²) < 4.78 is 150. The fourth-order valence-corrected chi connectivity index (χ4v) is 5.72. The molecule has 0 unspecified atom stereocenters. The molecule has 5 aromatic rings. The van der Waals surface area contributed by atoms with Crippen LogP contribution in [0.15, 0.2) is 72.8 Å². The van der Waals surface area contributed by atoms with Crippen molar-refractivity contribution in [1.29, 1.82) is 0 Å². The highest BCUT2D eigenvalue weighted by molar-refractivity contribution is 6.33.